The maximum absolute atomic E-state index is 12.2. The van der Waals surface area contributed by atoms with Gasteiger partial charge in [-0.3, -0.25) is 4.79 Å². The van der Waals surface area contributed by atoms with Crippen LogP contribution in [0.3, 0.4) is 0 Å². The predicted octanol–water partition coefficient (Wildman–Crippen LogP) is 2.41. The molecule has 20 heavy (non-hydrogen) atoms. The monoisotopic (exact) mass is 344 g/mol. The van der Waals surface area contributed by atoms with E-state index in [0.717, 1.165) is 12.2 Å². The molecule has 1 aromatic heterocycles. The summed E-state index contributed by atoms with van der Waals surface area (Å²) in [5.74, 6) is 0. The molecule has 1 N–H and O–H groups in total. The summed E-state index contributed by atoms with van der Waals surface area (Å²) in [7, 11) is 3.95. The fourth-order valence-electron chi connectivity index (χ4n) is 1.47. The Morgan fingerprint density at radius 1 is 1.45 bits per heavy atom. The van der Waals surface area contributed by atoms with Crippen LogP contribution >= 0.6 is 15.9 Å². The maximum atomic E-state index is 12.2. The highest BCUT2D eigenvalue weighted by Crippen LogP contribution is 2.25. The van der Waals surface area contributed by atoms with Gasteiger partial charge in [0.25, 0.3) is 5.56 Å². The Hall–Kier alpha value is -0.880. The number of hydrogen-bond donors (Lipinski definition) is 1. The van der Waals surface area contributed by atoms with Crippen LogP contribution in [0, 0.1) is 5.41 Å². The molecule has 1 heterocycles. The van der Waals surface area contributed by atoms with Gasteiger partial charge in [-0.05, 0) is 42.4 Å². The van der Waals surface area contributed by atoms with E-state index in [0.29, 0.717) is 11.0 Å². The van der Waals surface area contributed by atoms with Crippen LogP contribution in [0.2, 0.25) is 0 Å². The van der Waals surface area contributed by atoms with Gasteiger partial charge in [-0.2, -0.15) is 5.10 Å². The molecule has 0 aliphatic rings. The van der Waals surface area contributed by atoms with E-state index in [9.17, 15) is 4.79 Å². The SMILES string of the molecule is CC(Nc1cnn(CCN(C)C)c(=O)c1Br)C(C)(C)C. The highest BCUT2D eigenvalue weighted by molar-refractivity contribution is 9.10. The number of anilines is 1. The molecular formula is C14H25BrN4O. The lowest BCUT2D eigenvalue weighted by Crippen LogP contribution is -2.33. The molecule has 0 aliphatic heterocycles. The number of nitrogens with one attached hydrogen (secondary N) is 1. The van der Waals surface area contributed by atoms with Crippen LogP contribution in [0.4, 0.5) is 5.69 Å². The first-order valence-corrected chi connectivity index (χ1v) is 7.59. The van der Waals surface area contributed by atoms with Crippen LogP contribution in [-0.4, -0.2) is 41.4 Å². The number of likely N-dealkylation sites (N-methyl/N-ethyl adjacent to an activating group) is 1. The van der Waals surface area contributed by atoms with Crippen LogP contribution in [0.5, 0.6) is 0 Å². The quantitative estimate of drug-likeness (QED) is 0.891. The third-order valence-electron chi connectivity index (χ3n) is 3.41. The van der Waals surface area contributed by atoms with Gasteiger partial charge >= 0.3 is 0 Å². The number of hydrogen-bond acceptors (Lipinski definition) is 4. The number of rotatable bonds is 5. The zero-order valence-corrected chi connectivity index (χ0v) is 14.8. The van der Waals surface area contributed by atoms with Crippen LogP contribution in [-0.2, 0) is 6.54 Å². The lowest BCUT2D eigenvalue weighted by Gasteiger charge is -2.29. The minimum absolute atomic E-state index is 0.0991. The third kappa shape index (κ3) is 4.59. The van der Waals surface area contributed by atoms with Gasteiger partial charge in [0.15, 0.2) is 0 Å². The summed E-state index contributed by atoms with van der Waals surface area (Å²) in [6, 6.07) is 0.234. The molecule has 5 nitrogen and oxygen atoms in total. The van der Waals surface area contributed by atoms with Gasteiger partial charge < -0.3 is 10.2 Å². The average molecular weight is 345 g/mol. The first-order chi connectivity index (χ1) is 9.12. The topological polar surface area (TPSA) is 50.2 Å². The van der Waals surface area contributed by atoms with Gasteiger partial charge in [-0.1, -0.05) is 20.8 Å². The first-order valence-electron chi connectivity index (χ1n) is 6.80. The highest BCUT2D eigenvalue weighted by atomic mass is 79.9. The largest absolute Gasteiger partial charge is 0.380 e. The second kappa shape index (κ2) is 6.72. The van der Waals surface area contributed by atoms with Gasteiger partial charge in [-0.25, -0.2) is 4.68 Å². The standard InChI is InChI=1S/C14H25BrN4O/c1-10(14(2,3)4)17-11-9-16-19(8-7-18(5)6)13(20)12(11)15/h9-10,17H,7-8H2,1-6H3. The van der Waals surface area contributed by atoms with E-state index in [-0.39, 0.29) is 17.0 Å². The molecule has 0 fully saturated rings. The van der Waals surface area contributed by atoms with Gasteiger partial charge in [0.2, 0.25) is 0 Å². The van der Waals surface area contributed by atoms with E-state index in [1.54, 1.807) is 6.20 Å². The zero-order chi connectivity index (χ0) is 15.5. The van der Waals surface area contributed by atoms with Crippen molar-refractivity contribution < 1.29 is 0 Å². The number of nitrogens with zero attached hydrogens (tertiary/aromatic N) is 3. The second-order valence-corrected chi connectivity index (χ2v) is 7.23. The third-order valence-corrected chi connectivity index (χ3v) is 4.18. The molecule has 1 unspecified atom stereocenters. The Bertz CT molecular complexity index is 505. The molecule has 0 saturated carbocycles. The molecule has 0 bridgehead atoms. The molecule has 0 aromatic carbocycles. The smallest absolute Gasteiger partial charge is 0.283 e. The van der Waals surface area contributed by atoms with Crippen molar-refractivity contribution in [1.82, 2.24) is 14.7 Å². The van der Waals surface area contributed by atoms with Crippen molar-refractivity contribution in [1.29, 1.82) is 0 Å². The highest BCUT2D eigenvalue weighted by Gasteiger charge is 2.21. The van der Waals surface area contributed by atoms with Crippen molar-refractivity contribution in [3.63, 3.8) is 0 Å². The molecule has 6 heteroatoms. The van der Waals surface area contributed by atoms with Crippen molar-refractivity contribution in [2.45, 2.75) is 40.3 Å². The Labute approximate surface area is 129 Å². The molecule has 114 valence electrons. The van der Waals surface area contributed by atoms with Crippen LogP contribution in [0.1, 0.15) is 27.7 Å². The van der Waals surface area contributed by atoms with Crippen molar-refractivity contribution >= 4 is 21.6 Å². The van der Waals surface area contributed by atoms with Gasteiger partial charge in [0.1, 0.15) is 4.47 Å². The Balaban J connectivity index is 2.92. The minimum Gasteiger partial charge on any atom is -0.380 e. The summed E-state index contributed by atoms with van der Waals surface area (Å²) < 4.78 is 2.03. The van der Waals surface area contributed by atoms with Crippen molar-refractivity contribution in [2.75, 3.05) is 26.0 Å². The summed E-state index contributed by atoms with van der Waals surface area (Å²) in [6.07, 6.45) is 1.71. The molecule has 0 spiro atoms. The molecule has 1 rings (SSSR count). The molecule has 0 saturated heterocycles. The summed E-state index contributed by atoms with van der Waals surface area (Å²) in [5.41, 5.74) is 0.760. The van der Waals surface area contributed by atoms with E-state index in [1.165, 1.54) is 4.68 Å². The zero-order valence-electron chi connectivity index (χ0n) is 13.2. The van der Waals surface area contributed by atoms with Gasteiger partial charge in [0.05, 0.1) is 18.4 Å². The number of halogens is 1. The number of aromatic nitrogens is 2. The minimum atomic E-state index is -0.0991. The van der Waals surface area contributed by atoms with Gasteiger partial charge in [0, 0.05) is 12.6 Å². The first kappa shape index (κ1) is 17.2. The van der Waals surface area contributed by atoms with Gasteiger partial charge in [-0.15, -0.1) is 0 Å². The second-order valence-electron chi connectivity index (χ2n) is 6.44. The summed E-state index contributed by atoms with van der Waals surface area (Å²) in [5, 5.41) is 7.58. The molecular weight excluding hydrogens is 320 g/mol. The summed E-state index contributed by atoms with van der Waals surface area (Å²) in [4.78, 5) is 14.3. The van der Waals surface area contributed by atoms with Crippen molar-refractivity contribution in [2.24, 2.45) is 5.41 Å². The Morgan fingerprint density at radius 3 is 2.55 bits per heavy atom. The van der Waals surface area contributed by atoms with Crippen LogP contribution in [0.15, 0.2) is 15.5 Å². The normalized spacial score (nSPS) is 13.6. The van der Waals surface area contributed by atoms with Crippen LogP contribution < -0.4 is 10.9 Å². The summed E-state index contributed by atoms with van der Waals surface area (Å²) >= 11 is 3.38. The fraction of sp³-hybridized carbons (Fsp3) is 0.714. The Kier molecular flexibility index (Phi) is 5.77. The maximum Gasteiger partial charge on any atom is 0.283 e. The van der Waals surface area contributed by atoms with E-state index < -0.39 is 0 Å². The van der Waals surface area contributed by atoms with Crippen molar-refractivity contribution in [3.05, 3.63) is 21.0 Å². The molecule has 0 amide bonds. The van der Waals surface area contributed by atoms with Crippen LogP contribution in [0.25, 0.3) is 0 Å². The van der Waals surface area contributed by atoms with E-state index >= 15 is 0 Å². The van der Waals surface area contributed by atoms with E-state index in [4.69, 9.17) is 0 Å². The predicted molar refractivity (Wildman–Crippen MR) is 87.3 cm³/mol. The van der Waals surface area contributed by atoms with E-state index in [2.05, 4.69) is 54.0 Å². The molecule has 0 radical (unpaired) electrons. The lowest BCUT2D eigenvalue weighted by atomic mass is 9.88. The fourth-order valence-corrected chi connectivity index (χ4v) is 1.89. The van der Waals surface area contributed by atoms with E-state index in [1.807, 2.05) is 19.0 Å². The molecule has 1 atom stereocenters. The average Bonchev–Trinajstić information content (AvgIpc) is 2.32. The summed E-state index contributed by atoms with van der Waals surface area (Å²) in [6.45, 7) is 9.94. The lowest BCUT2D eigenvalue weighted by molar-refractivity contribution is 0.358. The molecule has 1 aromatic rings. The van der Waals surface area contributed by atoms with Crippen molar-refractivity contribution in [3.8, 4) is 0 Å². The molecule has 0 aliphatic carbocycles. The Morgan fingerprint density at radius 2 is 2.05 bits per heavy atom.